The Balaban J connectivity index is 3.15. The number of benzene rings is 1. The zero-order chi connectivity index (χ0) is 10.0. The van der Waals surface area contributed by atoms with Gasteiger partial charge in [0, 0.05) is 5.56 Å². The second-order valence-electron chi connectivity index (χ2n) is 2.79. The van der Waals surface area contributed by atoms with Crippen molar-refractivity contribution < 1.29 is 14.3 Å². The van der Waals surface area contributed by atoms with E-state index in [0.717, 1.165) is 0 Å². The van der Waals surface area contributed by atoms with Crippen LogP contribution in [0.5, 0.6) is 0 Å². The topological polar surface area (TPSA) is 63.3 Å². The van der Waals surface area contributed by atoms with Gasteiger partial charge in [0.15, 0.2) is 0 Å². The Morgan fingerprint density at radius 2 is 2.23 bits per heavy atom. The first-order valence-electron chi connectivity index (χ1n) is 3.77. The fourth-order valence-electron chi connectivity index (χ4n) is 1.04. The normalized spacial score (nSPS) is 12.5. The van der Waals surface area contributed by atoms with Crippen molar-refractivity contribution in [3.63, 3.8) is 0 Å². The minimum atomic E-state index is -1.29. The molecule has 3 nitrogen and oxygen atoms in total. The molecule has 0 aromatic heterocycles. The van der Waals surface area contributed by atoms with Gasteiger partial charge in [-0.3, -0.25) is 4.79 Å². The number of hydrogen-bond acceptors (Lipinski definition) is 2. The van der Waals surface area contributed by atoms with Crippen LogP contribution in [0.2, 0.25) is 0 Å². The summed E-state index contributed by atoms with van der Waals surface area (Å²) in [5.41, 5.74) is 5.69. The van der Waals surface area contributed by atoms with Crippen molar-refractivity contribution in [3.05, 3.63) is 35.1 Å². The smallest absolute Gasteiger partial charge is 0.325 e. The largest absolute Gasteiger partial charge is 0.480 e. The Hall–Kier alpha value is -1.42. The van der Waals surface area contributed by atoms with Crippen LogP contribution in [0, 0.1) is 12.7 Å². The van der Waals surface area contributed by atoms with Crippen LogP contribution in [-0.4, -0.2) is 11.1 Å². The number of carboxylic acids is 1. The number of carboxylic acid groups (broad SMARTS) is 1. The van der Waals surface area contributed by atoms with Crippen LogP contribution in [0.15, 0.2) is 18.2 Å². The van der Waals surface area contributed by atoms with Crippen molar-refractivity contribution in [3.8, 4) is 0 Å². The molecule has 0 spiro atoms. The van der Waals surface area contributed by atoms with Gasteiger partial charge in [-0.2, -0.15) is 0 Å². The summed E-state index contributed by atoms with van der Waals surface area (Å²) in [4.78, 5) is 10.5. The second-order valence-corrected chi connectivity index (χ2v) is 2.79. The maximum Gasteiger partial charge on any atom is 0.325 e. The summed E-state index contributed by atoms with van der Waals surface area (Å²) in [6.07, 6.45) is 0. The van der Waals surface area contributed by atoms with Crippen LogP contribution in [0.1, 0.15) is 17.2 Å². The third-order valence-electron chi connectivity index (χ3n) is 1.82. The van der Waals surface area contributed by atoms with Crippen LogP contribution in [0.3, 0.4) is 0 Å². The molecule has 1 rings (SSSR count). The van der Waals surface area contributed by atoms with Crippen molar-refractivity contribution in [2.24, 2.45) is 5.73 Å². The molecule has 0 heterocycles. The Labute approximate surface area is 75.0 Å². The molecule has 1 atom stereocenters. The van der Waals surface area contributed by atoms with Gasteiger partial charge in [-0.1, -0.05) is 18.2 Å². The van der Waals surface area contributed by atoms with Crippen LogP contribution < -0.4 is 5.73 Å². The van der Waals surface area contributed by atoms with Crippen molar-refractivity contribution in [1.82, 2.24) is 0 Å². The standard InChI is InChI=1S/C9H10FNO2/c1-5-3-2-4-6(7(5)10)8(11)9(12)13/h2-4,8H,11H2,1H3,(H,12,13)/t8-/m1/s1. The summed E-state index contributed by atoms with van der Waals surface area (Å²) >= 11 is 0. The van der Waals surface area contributed by atoms with Crippen molar-refractivity contribution in [1.29, 1.82) is 0 Å². The SMILES string of the molecule is Cc1cccc([C@@H](N)C(=O)O)c1F. The van der Waals surface area contributed by atoms with Crippen LogP contribution in [-0.2, 0) is 4.79 Å². The Bertz CT molecular complexity index is 338. The third-order valence-corrected chi connectivity index (χ3v) is 1.82. The predicted molar refractivity (Wildman–Crippen MR) is 45.7 cm³/mol. The first kappa shape index (κ1) is 9.67. The van der Waals surface area contributed by atoms with E-state index in [0.29, 0.717) is 5.56 Å². The molecule has 0 aliphatic rings. The summed E-state index contributed by atoms with van der Waals surface area (Å²) in [5.74, 6) is -1.78. The maximum absolute atomic E-state index is 13.3. The lowest BCUT2D eigenvalue weighted by atomic mass is 10.0. The van der Waals surface area contributed by atoms with Gasteiger partial charge in [0.05, 0.1) is 0 Å². The molecule has 3 N–H and O–H groups in total. The van der Waals surface area contributed by atoms with Gasteiger partial charge in [0.25, 0.3) is 0 Å². The highest BCUT2D eigenvalue weighted by Crippen LogP contribution is 2.17. The van der Waals surface area contributed by atoms with Gasteiger partial charge >= 0.3 is 5.97 Å². The summed E-state index contributed by atoms with van der Waals surface area (Å²) in [5, 5.41) is 8.56. The predicted octanol–water partition coefficient (Wildman–Crippen LogP) is 1.22. The van der Waals surface area contributed by atoms with Crippen molar-refractivity contribution >= 4 is 5.97 Å². The number of halogens is 1. The molecule has 0 bridgehead atoms. The highest BCUT2D eigenvalue weighted by molar-refractivity contribution is 5.75. The van der Waals surface area contributed by atoms with E-state index in [9.17, 15) is 9.18 Å². The molecular formula is C9H10FNO2. The first-order chi connectivity index (χ1) is 6.04. The molecule has 70 valence electrons. The van der Waals surface area contributed by atoms with Gasteiger partial charge in [0.2, 0.25) is 0 Å². The molecule has 0 aliphatic carbocycles. The summed E-state index contributed by atoms with van der Waals surface area (Å²) in [6, 6.07) is 3.23. The molecule has 0 saturated carbocycles. The van der Waals surface area contributed by atoms with E-state index in [2.05, 4.69) is 0 Å². The molecule has 0 fully saturated rings. The monoisotopic (exact) mass is 183 g/mol. The number of aryl methyl sites for hydroxylation is 1. The lowest BCUT2D eigenvalue weighted by Crippen LogP contribution is -2.22. The summed E-state index contributed by atoms with van der Waals surface area (Å²) < 4.78 is 13.3. The summed E-state index contributed by atoms with van der Waals surface area (Å²) in [7, 11) is 0. The molecule has 0 radical (unpaired) electrons. The quantitative estimate of drug-likeness (QED) is 0.724. The number of rotatable bonds is 2. The molecule has 1 aromatic rings. The van der Waals surface area contributed by atoms with Gasteiger partial charge < -0.3 is 10.8 Å². The molecule has 0 unspecified atom stereocenters. The van der Waals surface area contributed by atoms with E-state index in [1.807, 2.05) is 0 Å². The van der Waals surface area contributed by atoms with Crippen molar-refractivity contribution in [2.45, 2.75) is 13.0 Å². The molecule has 1 aromatic carbocycles. The van der Waals surface area contributed by atoms with Crippen molar-refractivity contribution in [2.75, 3.05) is 0 Å². The van der Waals surface area contributed by atoms with E-state index in [4.69, 9.17) is 10.8 Å². The number of carbonyl (C=O) groups is 1. The zero-order valence-electron chi connectivity index (χ0n) is 7.12. The molecule has 0 amide bonds. The molecule has 4 heteroatoms. The lowest BCUT2D eigenvalue weighted by Gasteiger charge is -2.08. The van der Waals surface area contributed by atoms with E-state index in [1.54, 1.807) is 19.1 Å². The Morgan fingerprint density at radius 3 is 2.77 bits per heavy atom. The zero-order valence-corrected chi connectivity index (χ0v) is 7.12. The number of hydrogen-bond donors (Lipinski definition) is 2. The number of aliphatic carboxylic acids is 1. The molecule has 0 aliphatic heterocycles. The van der Waals surface area contributed by atoms with E-state index >= 15 is 0 Å². The van der Waals surface area contributed by atoms with Gasteiger partial charge in [-0.25, -0.2) is 4.39 Å². The molecule has 0 saturated heterocycles. The third kappa shape index (κ3) is 1.84. The van der Waals surface area contributed by atoms with Crippen LogP contribution in [0.25, 0.3) is 0 Å². The van der Waals surface area contributed by atoms with E-state index < -0.39 is 17.8 Å². The highest BCUT2D eigenvalue weighted by Gasteiger charge is 2.18. The van der Waals surface area contributed by atoms with Gasteiger partial charge in [-0.15, -0.1) is 0 Å². The number of nitrogens with two attached hydrogens (primary N) is 1. The molecular weight excluding hydrogens is 173 g/mol. The minimum absolute atomic E-state index is 0.0208. The highest BCUT2D eigenvalue weighted by atomic mass is 19.1. The van der Waals surface area contributed by atoms with Crippen LogP contribution in [0.4, 0.5) is 4.39 Å². The first-order valence-corrected chi connectivity index (χ1v) is 3.77. The lowest BCUT2D eigenvalue weighted by molar-refractivity contribution is -0.138. The second kappa shape index (κ2) is 3.53. The Kier molecular flexibility index (Phi) is 2.63. The van der Waals surface area contributed by atoms with E-state index in [-0.39, 0.29) is 5.56 Å². The van der Waals surface area contributed by atoms with E-state index in [1.165, 1.54) is 6.07 Å². The minimum Gasteiger partial charge on any atom is -0.480 e. The average molecular weight is 183 g/mol. The fourth-order valence-corrected chi connectivity index (χ4v) is 1.04. The fraction of sp³-hybridized carbons (Fsp3) is 0.222. The van der Waals surface area contributed by atoms with Gasteiger partial charge in [0.1, 0.15) is 11.9 Å². The molecule has 13 heavy (non-hydrogen) atoms. The average Bonchev–Trinajstić information content (AvgIpc) is 2.08. The maximum atomic E-state index is 13.3. The van der Waals surface area contributed by atoms with Gasteiger partial charge in [-0.05, 0) is 12.5 Å². The summed E-state index contributed by atoms with van der Waals surface area (Å²) in [6.45, 7) is 1.56. The van der Waals surface area contributed by atoms with Crippen LogP contribution >= 0.6 is 0 Å². The Morgan fingerprint density at radius 1 is 1.62 bits per heavy atom.